The van der Waals surface area contributed by atoms with E-state index in [1.54, 1.807) is 6.92 Å². The predicted octanol–water partition coefficient (Wildman–Crippen LogP) is 3.53. The monoisotopic (exact) mass is 570 g/mol. The fourth-order valence-corrected chi connectivity index (χ4v) is 4.71. The molecule has 0 bridgehead atoms. The van der Waals surface area contributed by atoms with Crippen LogP contribution in [0.3, 0.4) is 0 Å². The van der Waals surface area contributed by atoms with Gasteiger partial charge in [0.25, 0.3) is 0 Å². The first kappa shape index (κ1) is 28.7. The average Bonchev–Trinajstić information content (AvgIpc) is 2.80. The van der Waals surface area contributed by atoms with Gasteiger partial charge in [-0.05, 0) is 62.2 Å². The van der Waals surface area contributed by atoms with E-state index in [2.05, 4.69) is 21.2 Å². The Hall–Kier alpha value is -2.50. The minimum atomic E-state index is -4.09. The molecule has 0 spiro atoms. The molecule has 192 valence electrons. The molecular weight excluding hydrogens is 539 g/mol. The SMILES string of the molecule is CC[C@@H](C)NC(=O)[C@@H](C)N(Cc1cccc(Br)c1)C(=O)CN(c1ccc(F)cc1)S(=O)(=O)N(C)C. The Morgan fingerprint density at radius 1 is 1.09 bits per heavy atom. The summed E-state index contributed by atoms with van der Waals surface area (Å²) >= 11 is 3.41. The molecule has 0 heterocycles. The van der Waals surface area contributed by atoms with Gasteiger partial charge in [0.05, 0.1) is 5.69 Å². The van der Waals surface area contributed by atoms with Crippen LogP contribution in [0.2, 0.25) is 0 Å². The molecule has 0 aliphatic carbocycles. The standard InChI is InChI=1S/C24H32BrFN4O4S/c1-6-17(2)27-24(32)18(3)29(15-19-8-7-9-20(25)14-19)23(31)16-30(35(33,34)28(4)5)22-12-10-21(26)11-13-22/h7-14,17-18H,6,15-16H2,1-5H3,(H,27,32)/t17-,18-/m1/s1. The maximum atomic E-state index is 13.6. The number of carbonyl (C=O) groups is 2. The van der Waals surface area contributed by atoms with E-state index in [9.17, 15) is 22.4 Å². The van der Waals surface area contributed by atoms with Crippen molar-refractivity contribution >= 4 is 43.6 Å². The fraction of sp³-hybridized carbons (Fsp3) is 0.417. The summed E-state index contributed by atoms with van der Waals surface area (Å²) in [7, 11) is -1.40. The highest BCUT2D eigenvalue weighted by Gasteiger charge is 2.32. The number of halogens is 2. The molecule has 2 atom stereocenters. The fourth-order valence-electron chi connectivity index (χ4n) is 3.20. The highest BCUT2D eigenvalue weighted by molar-refractivity contribution is 9.10. The molecule has 11 heteroatoms. The second kappa shape index (κ2) is 12.5. The van der Waals surface area contributed by atoms with E-state index < -0.39 is 34.5 Å². The largest absolute Gasteiger partial charge is 0.352 e. The zero-order valence-electron chi connectivity index (χ0n) is 20.5. The van der Waals surface area contributed by atoms with Crippen LogP contribution in [0.15, 0.2) is 53.0 Å². The molecule has 2 aromatic rings. The van der Waals surface area contributed by atoms with Gasteiger partial charge in [-0.2, -0.15) is 12.7 Å². The van der Waals surface area contributed by atoms with E-state index in [-0.39, 0.29) is 24.2 Å². The van der Waals surface area contributed by atoms with Crippen molar-refractivity contribution < 1.29 is 22.4 Å². The summed E-state index contributed by atoms with van der Waals surface area (Å²) in [6.45, 7) is 4.93. The molecule has 2 aromatic carbocycles. The van der Waals surface area contributed by atoms with Gasteiger partial charge in [0.15, 0.2) is 0 Å². The van der Waals surface area contributed by atoms with E-state index in [0.717, 1.165) is 37.2 Å². The van der Waals surface area contributed by atoms with E-state index in [4.69, 9.17) is 0 Å². The minimum absolute atomic E-state index is 0.0856. The summed E-state index contributed by atoms with van der Waals surface area (Å²) < 4.78 is 42.3. The van der Waals surface area contributed by atoms with E-state index >= 15 is 0 Å². The van der Waals surface area contributed by atoms with Gasteiger partial charge in [-0.15, -0.1) is 0 Å². The Bertz CT molecular complexity index is 1130. The lowest BCUT2D eigenvalue weighted by Crippen LogP contribution is -2.53. The highest BCUT2D eigenvalue weighted by Crippen LogP contribution is 2.22. The van der Waals surface area contributed by atoms with Crippen LogP contribution in [0.4, 0.5) is 10.1 Å². The van der Waals surface area contributed by atoms with Crippen molar-refractivity contribution in [2.75, 3.05) is 24.9 Å². The quantitative estimate of drug-likeness (QED) is 0.447. The van der Waals surface area contributed by atoms with Crippen LogP contribution in [0.1, 0.15) is 32.8 Å². The van der Waals surface area contributed by atoms with Gasteiger partial charge in [0, 0.05) is 31.2 Å². The lowest BCUT2D eigenvalue weighted by molar-refractivity contribution is -0.139. The smallest absolute Gasteiger partial charge is 0.304 e. The summed E-state index contributed by atoms with van der Waals surface area (Å²) in [6.07, 6.45) is 0.720. The third-order valence-electron chi connectivity index (χ3n) is 5.54. The molecule has 0 fully saturated rings. The van der Waals surface area contributed by atoms with Crippen molar-refractivity contribution in [2.45, 2.75) is 45.8 Å². The Kier molecular flexibility index (Phi) is 10.2. The van der Waals surface area contributed by atoms with Crippen LogP contribution >= 0.6 is 15.9 Å². The molecular formula is C24H32BrFN4O4S. The van der Waals surface area contributed by atoms with E-state index in [0.29, 0.717) is 0 Å². The number of nitrogens with one attached hydrogen (secondary N) is 1. The van der Waals surface area contributed by atoms with Crippen molar-refractivity contribution in [1.82, 2.24) is 14.5 Å². The van der Waals surface area contributed by atoms with Gasteiger partial charge in [-0.25, -0.2) is 8.70 Å². The molecule has 2 amide bonds. The molecule has 0 radical (unpaired) electrons. The van der Waals surface area contributed by atoms with Gasteiger partial charge in [0.1, 0.15) is 18.4 Å². The van der Waals surface area contributed by atoms with Crippen molar-refractivity contribution in [1.29, 1.82) is 0 Å². The molecule has 0 aliphatic heterocycles. The molecule has 8 nitrogen and oxygen atoms in total. The van der Waals surface area contributed by atoms with Crippen molar-refractivity contribution in [3.63, 3.8) is 0 Å². The maximum Gasteiger partial charge on any atom is 0.304 e. The van der Waals surface area contributed by atoms with Crippen molar-refractivity contribution in [2.24, 2.45) is 0 Å². The molecule has 0 unspecified atom stereocenters. The number of amides is 2. The summed E-state index contributed by atoms with van der Waals surface area (Å²) in [4.78, 5) is 27.9. The molecule has 0 saturated carbocycles. The van der Waals surface area contributed by atoms with E-state index in [1.165, 1.54) is 31.1 Å². The first-order valence-corrected chi connectivity index (χ1v) is 13.4. The first-order chi connectivity index (χ1) is 16.4. The third-order valence-corrected chi connectivity index (χ3v) is 7.86. The Balaban J connectivity index is 2.44. The number of hydrogen-bond donors (Lipinski definition) is 1. The Morgan fingerprint density at radius 2 is 1.71 bits per heavy atom. The van der Waals surface area contributed by atoms with Gasteiger partial charge in [-0.1, -0.05) is 35.0 Å². The Morgan fingerprint density at radius 3 is 2.26 bits per heavy atom. The first-order valence-electron chi connectivity index (χ1n) is 11.2. The molecule has 0 aliphatic rings. The second-order valence-electron chi connectivity index (χ2n) is 8.42. The Labute approximate surface area is 215 Å². The second-order valence-corrected chi connectivity index (χ2v) is 11.4. The molecule has 1 N–H and O–H groups in total. The normalized spacial score (nSPS) is 13.3. The summed E-state index contributed by atoms with van der Waals surface area (Å²) in [5.74, 6) is -1.45. The van der Waals surface area contributed by atoms with Gasteiger partial charge in [0.2, 0.25) is 11.8 Å². The van der Waals surface area contributed by atoms with Gasteiger partial charge in [-0.3, -0.25) is 9.59 Å². The van der Waals surface area contributed by atoms with Crippen LogP contribution in [0, 0.1) is 5.82 Å². The summed E-state index contributed by atoms with van der Waals surface area (Å²) in [5, 5.41) is 2.88. The third kappa shape index (κ3) is 7.74. The average molecular weight is 572 g/mol. The van der Waals surface area contributed by atoms with Gasteiger partial charge >= 0.3 is 10.2 Å². The summed E-state index contributed by atoms with van der Waals surface area (Å²) in [6, 6.07) is 11.2. The van der Waals surface area contributed by atoms with Crippen LogP contribution in [0.25, 0.3) is 0 Å². The molecule has 0 saturated heterocycles. The zero-order chi connectivity index (χ0) is 26.3. The maximum absolute atomic E-state index is 13.6. The van der Waals surface area contributed by atoms with Gasteiger partial charge < -0.3 is 10.2 Å². The molecule has 2 rings (SSSR count). The van der Waals surface area contributed by atoms with Crippen LogP contribution < -0.4 is 9.62 Å². The number of benzene rings is 2. The predicted molar refractivity (Wildman–Crippen MR) is 138 cm³/mol. The van der Waals surface area contributed by atoms with Crippen LogP contribution in [-0.4, -0.2) is 62.2 Å². The van der Waals surface area contributed by atoms with Crippen LogP contribution in [-0.2, 0) is 26.3 Å². The molecule has 35 heavy (non-hydrogen) atoms. The number of anilines is 1. The number of carbonyl (C=O) groups excluding carboxylic acids is 2. The zero-order valence-corrected chi connectivity index (χ0v) is 22.9. The topological polar surface area (TPSA) is 90.0 Å². The highest BCUT2D eigenvalue weighted by atomic mass is 79.9. The van der Waals surface area contributed by atoms with Crippen LogP contribution in [0.5, 0.6) is 0 Å². The molecule has 0 aromatic heterocycles. The minimum Gasteiger partial charge on any atom is -0.352 e. The number of rotatable bonds is 11. The van der Waals surface area contributed by atoms with E-state index in [1.807, 2.05) is 38.1 Å². The number of nitrogens with zero attached hydrogens (tertiary/aromatic N) is 3. The number of hydrogen-bond acceptors (Lipinski definition) is 4. The lowest BCUT2D eigenvalue weighted by Gasteiger charge is -2.33. The van der Waals surface area contributed by atoms with Crippen molar-refractivity contribution in [3.05, 3.63) is 64.4 Å². The van der Waals surface area contributed by atoms with Crippen molar-refractivity contribution in [3.8, 4) is 0 Å². The lowest BCUT2D eigenvalue weighted by atomic mass is 10.1. The summed E-state index contributed by atoms with van der Waals surface area (Å²) in [5.41, 5.74) is 0.896.